The Morgan fingerprint density at radius 1 is 1.00 bits per heavy atom. The van der Waals surface area contributed by atoms with Crippen molar-refractivity contribution in [3.63, 3.8) is 0 Å². The van der Waals surface area contributed by atoms with Gasteiger partial charge in [0.1, 0.15) is 5.75 Å². The molecule has 0 aliphatic heterocycles. The molecule has 0 unspecified atom stereocenters. The summed E-state index contributed by atoms with van der Waals surface area (Å²) in [6.07, 6.45) is 0. The predicted octanol–water partition coefficient (Wildman–Crippen LogP) is 3.15. The minimum absolute atomic E-state index is 0.0804. The van der Waals surface area contributed by atoms with Crippen molar-refractivity contribution in [3.8, 4) is 5.75 Å². The zero-order valence-electron chi connectivity index (χ0n) is 15.2. The predicted molar refractivity (Wildman–Crippen MR) is 97.0 cm³/mol. The van der Waals surface area contributed by atoms with Crippen LogP contribution in [0.2, 0.25) is 0 Å². The molecule has 152 valence electrons. The van der Waals surface area contributed by atoms with Gasteiger partial charge in [-0.3, -0.25) is 4.79 Å². The first-order valence-electron chi connectivity index (χ1n) is 8.37. The smallest absolute Gasteiger partial charge is 0.262 e. The van der Waals surface area contributed by atoms with Crippen molar-refractivity contribution in [1.29, 1.82) is 0 Å². The third kappa shape index (κ3) is 4.82. The third-order valence-electron chi connectivity index (χ3n) is 3.85. The summed E-state index contributed by atoms with van der Waals surface area (Å²) in [4.78, 5) is 11.9. The van der Waals surface area contributed by atoms with Crippen LogP contribution in [0.4, 0.5) is 18.9 Å². The molecule has 0 bridgehead atoms. The summed E-state index contributed by atoms with van der Waals surface area (Å²) in [5, 5.41) is 2.07. The van der Waals surface area contributed by atoms with E-state index in [2.05, 4.69) is 5.32 Å². The van der Waals surface area contributed by atoms with Crippen LogP contribution in [-0.4, -0.2) is 38.3 Å². The second-order valence-electron chi connectivity index (χ2n) is 5.62. The number of sulfonamides is 1. The molecule has 28 heavy (non-hydrogen) atoms. The fourth-order valence-electron chi connectivity index (χ4n) is 2.38. The number of carbonyl (C=O) groups is 1. The highest BCUT2D eigenvalue weighted by atomic mass is 32.2. The van der Waals surface area contributed by atoms with E-state index in [9.17, 15) is 26.4 Å². The molecule has 2 aromatic carbocycles. The highest BCUT2D eigenvalue weighted by Gasteiger charge is 2.21. The standard InChI is InChI=1S/C18H19F3N2O4S/c1-3-23(4-2)28(25,26)13-7-5-12(6-8-13)27-11-16(24)22-15-10-9-14(19)17(20)18(15)21/h5-10H,3-4,11H2,1-2H3,(H,22,24). The number of nitrogens with one attached hydrogen (secondary N) is 1. The number of benzene rings is 2. The molecule has 0 radical (unpaired) electrons. The van der Waals surface area contributed by atoms with Crippen LogP contribution < -0.4 is 10.1 Å². The lowest BCUT2D eigenvalue weighted by Crippen LogP contribution is -2.30. The summed E-state index contributed by atoms with van der Waals surface area (Å²) < 4.78 is 70.8. The van der Waals surface area contributed by atoms with Gasteiger partial charge in [0.05, 0.1) is 10.6 Å². The van der Waals surface area contributed by atoms with Crippen molar-refractivity contribution in [2.75, 3.05) is 25.0 Å². The molecule has 0 fully saturated rings. The number of carbonyl (C=O) groups excluding carboxylic acids is 1. The van der Waals surface area contributed by atoms with Crippen LogP contribution in [-0.2, 0) is 14.8 Å². The lowest BCUT2D eigenvalue weighted by atomic mass is 10.3. The Kier molecular flexibility index (Phi) is 7.03. The van der Waals surface area contributed by atoms with Crippen molar-refractivity contribution in [1.82, 2.24) is 4.31 Å². The van der Waals surface area contributed by atoms with Crippen LogP contribution >= 0.6 is 0 Å². The maximum absolute atomic E-state index is 13.5. The highest BCUT2D eigenvalue weighted by molar-refractivity contribution is 7.89. The molecule has 0 heterocycles. The average molecular weight is 416 g/mol. The number of anilines is 1. The molecular weight excluding hydrogens is 397 g/mol. The number of nitrogens with zero attached hydrogens (tertiary/aromatic N) is 1. The van der Waals surface area contributed by atoms with Gasteiger partial charge in [0, 0.05) is 13.1 Å². The normalized spacial score (nSPS) is 11.5. The van der Waals surface area contributed by atoms with Crippen LogP contribution in [0.3, 0.4) is 0 Å². The number of ether oxygens (including phenoxy) is 1. The molecule has 2 rings (SSSR count). The topological polar surface area (TPSA) is 75.7 Å². The molecular formula is C18H19F3N2O4S. The van der Waals surface area contributed by atoms with Crippen molar-refractivity contribution < 1.29 is 31.1 Å². The summed E-state index contributed by atoms with van der Waals surface area (Å²) in [6.45, 7) is 3.58. The summed E-state index contributed by atoms with van der Waals surface area (Å²) in [7, 11) is -3.61. The zero-order valence-corrected chi connectivity index (χ0v) is 16.0. The molecule has 2 aromatic rings. The van der Waals surface area contributed by atoms with Crippen LogP contribution in [0.15, 0.2) is 41.3 Å². The Morgan fingerprint density at radius 3 is 2.18 bits per heavy atom. The monoisotopic (exact) mass is 416 g/mol. The van der Waals surface area contributed by atoms with Crippen molar-refractivity contribution in [2.45, 2.75) is 18.7 Å². The number of halogens is 3. The van der Waals surface area contributed by atoms with Crippen molar-refractivity contribution in [3.05, 3.63) is 53.8 Å². The molecule has 1 amide bonds. The van der Waals surface area contributed by atoms with E-state index in [1.165, 1.54) is 28.6 Å². The fraction of sp³-hybridized carbons (Fsp3) is 0.278. The van der Waals surface area contributed by atoms with Gasteiger partial charge in [0.15, 0.2) is 24.1 Å². The van der Waals surface area contributed by atoms with E-state index in [0.717, 1.165) is 6.07 Å². The van der Waals surface area contributed by atoms with Crippen molar-refractivity contribution >= 4 is 21.6 Å². The molecule has 0 saturated heterocycles. The van der Waals surface area contributed by atoms with Gasteiger partial charge in [-0.05, 0) is 36.4 Å². The first kappa shape index (κ1) is 21.7. The highest BCUT2D eigenvalue weighted by Crippen LogP contribution is 2.21. The molecule has 0 aliphatic rings. The Morgan fingerprint density at radius 2 is 1.61 bits per heavy atom. The van der Waals surface area contributed by atoms with E-state index >= 15 is 0 Å². The quantitative estimate of drug-likeness (QED) is 0.671. The molecule has 1 N–H and O–H groups in total. The fourth-order valence-corrected chi connectivity index (χ4v) is 3.84. The van der Waals surface area contributed by atoms with E-state index in [0.29, 0.717) is 19.2 Å². The van der Waals surface area contributed by atoms with Gasteiger partial charge in [-0.2, -0.15) is 4.31 Å². The first-order valence-corrected chi connectivity index (χ1v) is 9.81. The lowest BCUT2D eigenvalue weighted by Gasteiger charge is -2.18. The van der Waals surface area contributed by atoms with E-state index < -0.39 is 45.7 Å². The van der Waals surface area contributed by atoms with Gasteiger partial charge < -0.3 is 10.1 Å². The molecule has 0 aromatic heterocycles. The molecule has 0 aliphatic carbocycles. The van der Waals surface area contributed by atoms with Gasteiger partial charge in [0.25, 0.3) is 5.91 Å². The van der Waals surface area contributed by atoms with E-state index in [-0.39, 0.29) is 10.6 Å². The molecule has 10 heteroatoms. The maximum Gasteiger partial charge on any atom is 0.262 e. The maximum atomic E-state index is 13.5. The number of amides is 1. The Labute approximate surface area is 161 Å². The Bertz CT molecular complexity index is 946. The average Bonchev–Trinajstić information content (AvgIpc) is 2.68. The lowest BCUT2D eigenvalue weighted by molar-refractivity contribution is -0.118. The molecule has 0 spiro atoms. The second kappa shape index (κ2) is 9.07. The molecule has 0 saturated carbocycles. The number of hydrogen-bond donors (Lipinski definition) is 1. The first-order chi connectivity index (χ1) is 13.2. The van der Waals surface area contributed by atoms with E-state index in [1.807, 2.05) is 0 Å². The van der Waals surface area contributed by atoms with Crippen LogP contribution in [0.1, 0.15) is 13.8 Å². The number of rotatable bonds is 8. The second-order valence-corrected chi connectivity index (χ2v) is 7.56. The van der Waals surface area contributed by atoms with E-state index in [1.54, 1.807) is 13.8 Å². The number of hydrogen-bond acceptors (Lipinski definition) is 4. The Balaban J connectivity index is 2.00. The zero-order chi connectivity index (χ0) is 20.9. The minimum atomic E-state index is -3.61. The summed E-state index contributed by atoms with van der Waals surface area (Å²) in [5.41, 5.74) is -0.520. The van der Waals surface area contributed by atoms with Gasteiger partial charge >= 0.3 is 0 Å². The van der Waals surface area contributed by atoms with Crippen molar-refractivity contribution in [2.24, 2.45) is 0 Å². The summed E-state index contributed by atoms with van der Waals surface area (Å²) >= 11 is 0. The van der Waals surface area contributed by atoms with Gasteiger partial charge in [-0.1, -0.05) is 13.8 Å². The van der Waals surface area contributed by atoms with Gasteiger partial charge in [0.2, 0.25) is 10.0 Å². The molecule has 0 atom stereocenters. The minimum Gasteiger partial charge on any atom is -0.484 e. The summed E-state index contributed by atoms with van der Waals surface area (Å²) in [6, 6.07) is 7.01. The van der Waals surface area contributed by atoms with Gasteiger partial charge in [-0.15, -0.1) is 0 Å². The SMILES string of the molecule is CCN(CC)S(=O)(=O)c1ccc(OCC(=O)Nc2ccc(F)c(F)c2F)cc1. The largest absolute Gasteiger partial charge is 0.484 e. The van der Waals surface area contributed by atoms with Crippen LogP contribution in [0.25, 0.3) is 0 Å². The molecule has 6 nitrogen and oxygen atoms in total. The van der Waals surface area contributed by atoms with Crippen LogP contribution in [0.5, 0.6) is 5.75 Å². The van der Waals surface area contributed by atoms with E-state index in [4.69, 9.17) is 4.74 Å². The third-order valence-corrected chi connectivity index (χ3v) is 5.91. The Hall–Kier alpha value is -2.59. The van der Waals surface area contributed by atoms with Crippen LogP contribution in [0, 0.1) is 17.5 Å². The van der Waals surface area contributed by atoms with Gasteiger partial charge in [-0.25, -0.2) is 21.6 Å². The summed E-state index contributed by atoms with van der Waals surface area (Å²) in [5.74, 6) is -5.17.